The third-order valence-electron chi connectivity index (χ3n) is 3.34. The zero-order chi connectivity index (χ0) is 16.0. The first-order chi connectivity index (χ1) is 9.81. The van der Waals surface area contributed by atoms with Crippen LogP contribution in [-0.2, 0) is 4.79 Å². The molecule has 1 rings (SSSR count). The van der Waals surface area contributed by atoms with E-state index in [1.54, 1.807) is 11.9 Å². The maximum Gasteiger partial charge on any atom is 0.238 e. The van der Waals surface area contributed by atoms with Gasteiger partial charge in [-0.25, -0.2) is 8.78 Å². The van der Waals surface area contributed by atoms with Gasteiger partial charge in [-0.1, -0.05) is 19.9 Å². The Hall–Kier alpha value is -1.53. The number of amides is 1. The minimum Gasteiger partial charge on any atom is -0.327 e. The molecule has 0 bridgehead atoms. The minimum atomic E-state index is -0.784. The van der Waals surface area contributed by atoms with Crippen LogP contribution in [0, 0.1) is 17.6 Å². The monoisotopic (exact) mass is 299 g/mol. The molecule has 1 amide bonds. The zero-order valence-corrected chi connectivity index (χ0v) is 12.7. The Bertz CT molecular complexity index is 460. The number of para-hydroxylation sites is 1. The maximum atomic E-state index is 13.4. The summed E-state index contributed by atoms with van der Waals surface area (Å²) in [5.74, 6) is -1.65. The average Bonchev–Trinajstić information content (AvgIpc) is 2.40. The normalized spacial score (nSPS) is 12.8. The molecule has 1 aromatic carbocycles. The van der Waals surface area contributed by atoms with Crippen molar-refractivity contribution < 1.29 is 13.6 Å². The van der Waals surface area contributed by atoms with E-state index in [9.17, 15) is 13.6 Å². The standard InChI is InChI=1S/C15H23F2N3O/c1-10(2)13(18)7-8-20(3)9-14(21)19-15-11(16)5-4-6-12(15)17/h4-6,10,13H,7-9,18H2,1-3H3,(H,19,21). The fourth-order valence-electron chi connectivity index (χ4n) is 1.82. The molecule has 118 valence electrons. The number of nitrogens with two attached hydrogens (primary N) is 1. The van der Waals surface area contributed by atoms with E-state index < -0.39 is 23.2 Å². The van der Waals surface area contributed by atoms with Gasteiger partial charge < -0.3 is 11.1 Å². The third-order valence-corrected chi connectivity index (χ3v) is 3.34. The van der Waals surface area contributed by atoms with Crippen LogP contribution in [0.1, 0.15) is 20.3 Å². The average molecular weight is 299 g/mol. The number of benzene rings is 1. The number of rotatable bonds is 7. The van der Waals surface area contributed by atoms with Crippen molar-refractivity contribution in [3.63, 3.8) is 0 Å². The van der Waals surface area contributed by atoms with Gasteiger partial charge in [0, 0.05) is 6.04 Å². The summed E-state index contributed by atoms with van der Waals surface area (Å²) in [6, 6.07) is 3.52. The van der Waals surface area contributed by atoms with Gasteiger partial charge in [0.1, 0.15) is 17.3 Å². The lowest BCUT2D eigenvalue weighted by atomic mass is 10.0. The van der Waals surface area contributed by atoms with Gasteiger partial charge in [0.05, 0.1) is 6.54 Å². The van der Waals surface area contributed by atoms with E-state index in [1.807, 2.05) is 13.8 Å². The zero-order valence-electron chi connectivity index (χ0n) is 12.7. The first kappa shape index (κ1) is 17.5. The fourth-order valence-corrected chi connectivity index (χ4v) is 1.82. The molecular formula is C15H23F2N3O. The van der Waals surface area contributed by atoms with E-state index >= 15 is 0 Å². The van der Waals surface area contributed by atoms with Crippen molar-refractivity contribution in [3.05, 3.63) is 29.8 Å². The number of carbonyl (C=O) groups excluding carboxylic acids is 1. The number of nitrogens with one attached hydrogen (secondary N) is 1. The molecular weight excluding hydrogens is 276 g/mol. The molecule has 0 aromatic heterocycles. The van der Waals surface area contributed by atoms with Crippen molar-refractivity contribution in [2.45, 2.75) is 26.3 Å². The van der Waals surface area contributed by atoms with Crippen LogP contribution in [0.5, 0.6) is 0 Å². The molecule has 6 heteroatoms. The van der Waals surface area contributed by atoms with Crippen molar-refractivity contribution in [1.29, 1.82) is 0 Å². The predicted octanol–water partition coefficient (Wildman–Crippen LogP) is 2.21. The molecule has 0 radical (unpaired) electrons. The van der Waals surface area contributed by atoms with Crippen LogP contribution in [-0.4, -0.2) is 37.0 Å². The van der Waals surface area contributed by atoms with Gasteiger partial charge in [-0.2, -0.15) is 0 Å². The number of hydrogen-bond donors (Lipinski definition) is 2. The highest BCUT2D eigenvalue weighted by Gasteiger charge is 2.14. The third kappa shape index (κ3) is 5.77. The second kappa shape index (κ2) is 8.05. The summed E-state index contributed by atoms with van der Waals surface area (Å²) >= 11 is 0. The van der Waals surface area contributed by atoms with Gasteiger partial charge in [0.25, 0.3) is 0 Å². The highest BCUT2D eigenvalue weighted by Crippen LogP contribution is 2.17. The van der Waals surface area contributed by atoms with Gasteiger partial charge in [-0.05, 0) is 38.1 Å². The molecule has 0 spiro atoms. The van der Waals surface area contributed by atoms with Crippen molar-refractivity contribution in [2.24, 2.45) is 11.7 Å². The van der Waals surface area contributed by atoms with Crippen LogP contribution in [0.4, 0.5) is 14.5 Å². The van der Waals surface area contributed by atoms with Crippen LogP contribution in [0.3, 0.4) is 0 Å². The first-order valence-electron chi connectivity index (χ1n) is 6.99. The molecule has 1 aromatic rings. The Morgan fingerprint density at radius 2 is 1.90 bits per heavy atom. The quantitative estimate of drug-likeness (QED) is 0.811. The summed E-state index contributed by atoms with van der Waals surface area (Å²) in [6.07, 6.45) is 0.759. The smallest absolute Gasteiger partial charge is 0.238 e. The minimum absolute atomic E-state index is 0.0542. The summed E-state index contributed by atoms with van der Waals surface area (Å²) in [6.45, 7) is 4.78. The summed E-state index contributed by atoms with van der Waals surface area (Å²) in [5.41, 5.74) is 5.52. The number of carbonyl (C=O) groups is 1. The van der Waals surface area contributed by atoms with Gasteiger partial charge in [-0.3, -0.25) is 9.69 Å². The Balaban J connectivity index is 2.46. The summed E-state index contributed by atoms with van der Waals surface area (Å²) in [7, 11) is 1.77. The molecule has 3 N–H and O–H groups in total. The summed E-state index contributed by atoms with van der Waals surface area (Å²) in [5, 5.41) is 2.26. The number of halogens is 2. The van der Waals surface area contributed by atoms with Crippen molar-refractivity contribution in [1.82, 2.24) is 4.90 Å². The number of likely N-dealkylation sites (N-methyl/N-ethyl adjacent to an activating group) is 1. The van der Waals surface area contributed by atoms with E-state index in [0.717, 1.165) is 18.6 Å². The van der Waals surface area contributed by atoms with Gasteiger partial charge >= 0.3 is 0 Å². The van der Waals surface area contributed by atoms with Crippen molar-refractivity contribution in [2.75, 3.05) is 25.5 Å². The van der Waals surface area contributed by atoms with Gasteiger partial charge in [-0.15, -0.1) is 0 Å². The number of hydrogen-bond acceptors (Lipinski definition) is 3. The highest BCUT2D eigenvalue weighted by molar-refractivity contribution is 5.92. The van der Waals surface area contributed by atoms with Crippen LogP contribution in [0.15, 0.2) is 18.2 Å². The molecule has 1 unspecified atom stereocenters. The molecule has 0 heterocycles. The Labute approximate surface area is 124 Å². The number of nitrogens with zero attached hydrogens (tertiary/aromatic N) is 1. The SMILES string of the molecule is CC(C)C(N)CCN(C)CC(=O)Nc1c(F)cccc1F. The summed E-state index contributed by atoms with van der Waals surface area (Å²) < 4.78 is 26.8. The first-order valence-corrected chi connectivity index (χ1v) is 6.99. The second-order valence-electron chi connectivity index (χ2n) is 5.58. The largest absolute Gasteiger partial charge is 0.327 e. The molecule has 0 aliphatic rings. The molecule has 0 saturated carbocycles. The molecule has 0 aliphatic heterocycles. The lowest BCUT2D eigenvalue weighted by Crippen LogP contribution is -2.35. The lowest BCUT2D eigenvalue weighted by molar-refractivity contribution is -0.117. The van der Waals surface area contributed by atoms with E-state index in [4.69, 9.17) is 5.73 Å². The molecule has 0 fully saturated rings. The fraction of sp³-hybridized carbons (Fsp3) is 0.533. The maximum absolute atomic E-state index is 13.4. The van der Waals surface area contributed by atoms with Crippen LogP contribution in [0.2, 0.25) is 0 Å². The predicted molar refractivity (Wildman–Crippen MR) is 79.9 cm³/mol. The van der Waals surface area contributed by atoms with E-state index in [0.29, 0.717) is 12.5 Å². The Kier molecular flexibility index (Phi) is 6.71. The van der Waals surface area contributed by atoms with E-state index in [2.05, 4.69) is 5.32 Å². The molecule has 4 nitrogen and oxygen atoms in total. The van der Waals surface area contributed by atoms with E-state index in [1.165, 1.54) is 6.07 Å². The summed E-state index contributed by atoms with van der Waals surface area (Å²) in [4.78, 5) is 13.6. The lowest BCUT2D eigenvalue weighted by Gasteiger charge is -2.21. The Morgan fingerprint density at radius 1 is 1.33 bits per heavy atom. The van der Waals surface area contributed by atoms with E-state index in [-0.39, 0.29) is 12.6 Å². The van der Waals surface area contributed by atoms with Gasteiger partial charge in [0.15, 0.2) is 0 Å². The molecule has 0 aliphatic carbocycles. The Morgan fingerprint density at radius 3 is 2.43 bits per heavy atom. The second-order valence-corrected chi connectivity index (χ2v) is 5.58. The van der Waals surface area contributed by atoms with Gasteiger partial charge in [0.2, 0.25) is 5.91 Å². The van der Waals surface area contributed by atoms with Crippen LogP contribution >= 0.6 is 0 Å². The van der Waals surface area contributed by atoms with Crippen LogP contribution < -0.4 is 11.1 Å². The van der Waals surface area contributed by atoms with Crippen molar-refractivity contribution >= 4 is 11.6 Å². The molecule has 1 atom stereocenters. The number of anilines is 1. The van der Waals surface area contributed by atoms with Crippen molar-refractivity contribution in [3.8, 4) is 0 Å². The van der Waals surface area contributed by atoms with Crippen LogP contribution in [0.25, 0.3) is 0 Å². The molecule has 0 saturated heterocycles. The highest BCUT2D eigenvalue weighted by atomic mass is 19.1. The topological polar surface area (TPSA) is 58.4 Å². The molecule has 21 heavy (non-hydrogen) atoms.